The Labute approximate surface area is 110 Å². The zero-order valence-corrected chi connectivity index (χ0v) is 11.0. The zero-order chi connectivity index (χ0) is 14.0. The third-order valence-corrected chi connectivity index (χ3v) is 2.67. The molecule has 0 bridgehead atoms. The van der Waals surface area contributed by atoms with Crippen molar-refractivity contribution >= 4 is 11.4 Å². The molecule has 0 fully saturated rings. The lowest BCUT2D eigenvalue weighted by molar-refractivity contribution is -0.383. The topological polar surface area (TPSA) is 85.9 Å². The predicted octanol–water partition coefficient (Wildman–Crippen LogP) is 2.22. The van der Waals surface area contributed by atoms with Gasteiger partial charge in [-0.2, -0.15) is 5.10 Å². The fourth-order valence-corrected chi connectivity index (χ4v) is 1.98. The fraction of sp³-hybridized carbons (Fsp3) is 0.333. The lowest BCUT2D eigenvalue weighted by Crippen LogP contribution is -2.07. The standard InChI is InChI=1S/C12H15N5O2/c1-4-13-10-6-5-7-11(12(10)17(18)19)16-9(3)14-8(2)15-16/h5-7,13H,4H2,1-3H3. The molecule has 7 heteroatoms. The van der Waals surface area contributed by atoms with E-state index in [9.17, 15) is 10.1 Å². The summed E-state index contributed by atoms with van der Waals surface area (Å²) in [6.45, 7) is 6.02. The second kappa shape index (κ2) is 5.05. The molecular formula is C12H15N5O2. The summed E-state index contributed by atoms with van der Waals surface area (Å²) in [6.07, 6.45) is 0. The van der Waals surface area contributed by atoms with E-state index >= 15 is 0 Å². The van der Waals surface area contributed by atoms with Gasteiger partial charge in [-0.15, -0.1) is 0 Å². The molecule has 1 aromatic carbocycles. The highest BCUT2D eigenvalue weighted by Crippen LogP contribution is 2.31. The fourth-order valence-electron chi connectivity index (χ4n) is 1.98. The van der Waals surface area contributed by atoms with Crippen LogP contribution >= 0.6 is 0 Å². The van der Waals surface area contributed by atoms with E-state index in [4.69, 9.17) is 0 Å². The Bertz CT molecular complexity index is 621. The van der Waals surface area contributed by atoms with Crippen molar-refractivity contribution in [2.75, 3.05) is 11.9 Å². The number of nitrogens with one attached hydrogen (secondary N) is 1. The molecule has 0 amide bonds. The first-order chi connectivity index (χ1) is 9.04. The van der Waals surface area contributed by atoms with Gasteiger partial charge in [0.2, 0.25) is 0 Å². The van der Waals surface area contributed by atoms with Crippen LogP contribution in [0.15, 0.2) is 18.2 Å². The minimum absolute atomic E-state index is 0.0114. The van der Waals surface area contributed by atoms with Crippen LogP contribution in [0.1, 0.15) is 18.6 Å². The maximum Gasteiger partial charge on any atom is 0.317 e. The van der Waals surface area contributed by atoms with Gasteiger partial charge in [-0.05, 0) is 32.9 Å². The quantitative estimate of drug-likeness (QED) is 0.673. The molecule has 0 unspecified atom stereocenters. The summed E-state index contributed by atoms with van der Waals surface area (Å²) < 4.78 is 1.49. The predicted molar refractivity (Wildman–Crippen MR) is 71.7 cm³/mol. The van der Waals surface area contributed by atoms with E-state index in [1.165, 1.54) is 4.68 Å². The summed E-state index contributed by atoms with van der Waals surface area (Å²) in [7, 11) is 0. The van der Waals surface area contributed by atoms with E-state index < -0.39 is 4.92 Å². The Morgan fingerprint density at radius 2 is 2.16 bits per heavy atom. The number of para-hydroxylation sites is 1. The van der Waals surface area contributed by atoms with E-state index in [0.717, 1.165) is 0 Å². The number of aryl methyl sites for hydroxylation is 2. The molecule has 2 rings (SSSR count). The van der Waals surface area contributed by atoms with E-state index in [-0.39, 0.29) is 5.69 Å². The summed E-state index contributed by atoms with van der Waals surface area (Å²) in [5, 5.41) is 18.5. The van der Waals surface area contributed by atoms with Crippen molar-refractivity contribution in [3.63, 3.8) is 0 Å². The van der Waals surface area contributed by atoms with Crippen LogP contribution in [0.25, 0.3) is 5.69 Å². The smallest absolute Gasteiger partial charge is 0.317 e. The second-order valence-electron chi connectivity index (χ2n) is 4.08. The number of nitro benzene ring substituents is 1. The normalized spacial score (nSPS) is 10.5. The van der Waals surface area contributed by atoms with Crippen LogP contribution in [-0.4, -0.2) is 26.2 Å². The van der Waals surface area contributed by atoms with Crippen molar-refractivity contribution in [2.24, 2.45) is 0 Å². The van der Waals surface area contributed by atoms with Crippen LogP contribution in [0, 0.1) is 24.0 Å². The van der Waals surface area contributed by atoms with Gasteiger partial charge in [0.25, 0.3) is 0 Å². The molecule has 19 heavy (non-hydrogen) atoms. The maximum absolute atomic E-state index is 11.3. The minimum Gasteiger partial charge on any atom is -0.380 e. The van der Waals surface area contributed by atoms with Crippen LogP contribution in [0.2, 0.25) is 0 Å². The van der Waals surface area contributed by atoms with Gasteiger partial charge in [-0.25, -0.2) is 9.67 Å². The highest BCUT2D eigenvalue weighted by atomic mass is 16.6. The molecule has 0 spiro atoms. The first-order valence-electron chi connectivity index (χ1n) is 5.96. The van der Waals surface area contributed by atoms with Crippen molar-refractivity contribution < 1.29 is 4.92 Å². The molecule has 2 aromatic rings. The van der Waals surface area contributed by atoms with Crippen LogP contribution in [0.4, 0.5) is 11.4 Å². The zero-order valence-electron chi connectivity index (χ0n) is 11.0. The SMILES string of the molecule is CCNc1cccc(-n2nc(C)nc2C)c1[N+](=O)[O-]. The van der Waals surface area contributed by atoms with Crippen molar-refractivity contribution in [1.29, 1.82) is 0 Å². The summed E-state index contributed by atoms with van der Waals surface area (Å²) in [6, 6.07) is 5.11. The molecule has 0 atom stereocenters. The molecule has 1 N–H and O–H groups in total. The number of anilines is 1. The van der Waals surface area contributed by atoms with Crippen LogP contribution in [0.5, 0.6) is 0 Å². The molecule has 1 aromatic heterocycles. The van der Waals surface area contributed by atoms with Gasteiger partial charge >= 0.3 is 5.69 Å². The van der Waals surface area contributed by atoms with Crippen molar-refractivity contribution in [3.05, 3.63) is 40.0 Å². The summed E-state index contributed by atoms with van der Waals surface area (Å²) in [4.78, 5) is 15.1. The van der Waals surface area contributed by atoms with Crippen molar-refractivity contribution in [1.82, 2.24) is 14.8 Å². The molecule has 7 nitrogen and oxygen atoms in total. The number of nitro groups is 1. The van der Waals surface area contributed by atoms with Gasteiger partial charge in [0, 0.05) is 6.54 Å². The number of hydrogen-bond donors (Lipinski definition) is 1. The lowest BCUT2D eigenvalue weighted by Gasteiger charge is -2.09. The molecular weight excluding hydrogens is 246 g/mol. The van der Waals surface area contributed by atoms with E-state index in [1.807, 2.05) is 6.92 Å². The number of rotatable bonds is 4. The Hall–Kier alpha value is -2.44. The number of hydrogen-bond acceptors (Lipinski definition) is 5. The van der Waals surface area contributed by atoms with E-state index in [2.05, 4.69) is 15.4 Å². The van der Waals surface area contributed by atoms with E-state index in [1.54, 1.807) is 32.0 Å². The molecule has 0 aliphatic carbocycles. The monoisotopic (exact) mass is 261 g/mol. The van der Waals surface area contributed by atoms with Crippen LogP contribution < -0.4 is 5.32 Å². The summed E-state index contributed by atoms with van der Waals surface area (Å²) in [5.41, 5.74) is 0.913. The highest BCUT2D eigenvalue weighted by molar-refractivity contribution is 5.71. The summed E-state index contributed by atoms with van der Waals surface area (Å²) in [5.74, 6) is 1.20. The van der Waals surface area contributed by atoms with Gasteiger partial charge in [0.15, 0.2) is 0 Å². The average molecular weight is 261 g/mol. The van der Waals surface area contributed by atoms with Crippen LogP contribution in [-0.2, 0) is 0 Å². The number of nitrogens with zero attached hydrogens (tertiary/aromatic N) is 4. The number of benzene rings is 1. The van der Waals surface area contributed by atoms with Crippen molar-refractivity contribution in [3.8, 4) is 5.69 Å². The minimum atomic E-state index is -0.399. The second-order valence-corrected chi connectivity index (χ2v) is 4.08. The molecule has 100 valence electrons. The van der Waals surface area contributed by atoms with Crippen molar-refractivity contribution in [2.45, 2.75) is 20.8 Å². The Morgan fingerprint density at radius 1 is 1.42 bits per heavy atom. The van der Waals surface area contributed by atoms with E-state index in [0.29, 0.717) is 29.6 Å². The highest BCUT2D eigenvalue weighted by Gasteiger charge is 2.22. The third kappa shape index (κ3) is 2.40. The molecule has 0 saturated heterocycles. The third-order valence-electron chi connectivity index (χ3n) is 2.67. The van der Waals surface area contributed by atoms with Gasteiger partial charge in [-0.3, -0.25) is 10.1 Å². The Balaban J connectivity index is 2.66. The maximum atomic E-state index is 11.3. The van der Waals surface area contributed by atoms with Crippen LogP contribution in [0.3, 0.4) is 0 Å². The van der Waals surface area contributed by atoms with Gasteiger partial charge in [0.1, 0.15) is 23.0 Å². The Kier molecular flexibility index (Phi) is 3.46. The molecule has 0 aliphatic rings. The molecule has 0 aliphatic heterocycles. The lowest BCUT2D eigenvalue weighted by atomic mass is 10.2. The first-order valence-corrected chi connectivity index (χ1v) is 5.96. The van der Waals surface area contributed by atoms with Gasteiger partial charge in [-0.1, -0.05) is 6.07 Å². The van der Waals surface area contributed by atoms with Gasteiger partial charge < -0.3 is 5.32 Å². The average Bonchev–Trinajstić information content (AvgIpc) is 2.68. The molecule has 0 radical (unpaired) electrons. The first kappa shape index (κ1) is 13.0. The Morgan fingerprint density at radius 3 is 2.68 bits per heavy atom. The van der Waals surface area contributed by atoms with Gasteiger partial charge in [0.05, 0.1) is 4.92 Å². The molecule has 1 heterocycles. The number of aromatic nitrogens is 3. The largest absolute Gasteiger partial charge is 0.380 e. The summed E-state index contributed by atoms with van der Waals surface area (Å²) >= 11 is 0. The molecule has 0 saturated carbocycles.